The maximum atomic E-state index is 12.1. The van der Waals surface area contributed by atoms with Crippen LogP contribution in [-0.4, -0.2) is 59.9 Å². The fraction of sp³-hybridized carbons (Fsp3) is 0.412. The van der Waals surface area contributed by atoms with E-state index in [0.29, 0.717) is 11.0 Å². The van der Waals surface area contributed by atoms with Crippen LogP contribution in [0.15, 0.2) is 21.7 Å². The molecule has 3 atom stereocenters. The summed E-state index contributed by atoms with van der Waals surface area (Å²) in [5.41, 5.74) is 0.755. The van der Waals surface area contributed by atoms with Crippen LogP contribution in [0, 0.1) is 13.8 Å². The Morgan fingerprint density at radius 1 is 1.07 bits per heavy atom. The largest absolute Gasteiger partial charge is 1.00 e. The van der Waals surface area contributed by atoms with Gasteiger partial charge in [-0.25, -0.2) is 4.98 Å². The Morgan fingerprint density at radius 3 is 2.36 bits per heavy atom. The number of hydrogen-bond donors (Lipinski definition) is 4. The standard InChI is InChI=1S/C17H20N4O6.Na/c1-7-3-9-10(4-8(7)2)21(5-11(23)14(25)12(24)6-22)15-13(18-9)16(26)20-17(27)19-15;/h3-4,11-12,14,22-25H,5-6H2,1-2H3,(H,20,26,27);/q;+1/p-1/t11-,12+,14-;/m0./s1. The third-order valence-electron chi connectivity index (χ3n) is 4.53. The van der Waals surface area contributed by atoms with Crippen LogP contribution >= 0.6 is 0 Å². The smallest absolute Gasteiger partial charge is 0.394 e. The van der Waals surface area contributed by atoms with E-state index in [9.17, 15) is 24.9 Å². The van der Waals surface area contributed by atoms with E-state index < -0.39 is 36.2 Å². The first-order valence-corrected chi connectivity index (χ1v) is 8.24. The zero-order valence-corrected chi connectivity index (χ0v) is 17.7. The van der Waals surface area contributed by atoms with Gasteiger partial charge in [0.2, 0.25) is 5.56 Å². The molecule has 0 fully saturated rings. The summed E-state index contributed by atoms with van der Waals surface area (Å²) in [7, 11) is 0. The summed E-state index contributed by atoms with van der Waals surface area (Å²) in [6, 6.07) is 3.51. The summed E-state index contributed by atoms with van der Waals surface area (Å²) in [5.74, 6) is -0.0829. The van der Waals surface area contributed by atoms with Gasteiger partial charge in [0.15, 0.2) is 5.69 Å². The topological polar surface area (TPSA) is 160 Å². The summed E-state index contributed by atoms with van der Waals surface area (Å²) in [6.07, 6.45) is -4.70. The van der Waals surface area contributed by atoms with Crippen molar-refractivity contribution in [3.05, 3.63) is 44.1 Å². The van der Waals surface area contributed by atoms with Crippen molar-refractivity contribution in [2.75, 3.05) is 6.61 Å². The Balaban J connectivity index is 0.00000280. The van der Waals surface area contributed by atoms with E-state index in [-0.39, 0.29) is 47.6 Å². The minimum absolute atomic E-state index is 0. The number of aryl methyl sites for hydroxylation is 2. The molecule has 0 unspecified atom stereocenters. The minimum atomic E-state index is -1.65. The Kier molecular flexibility index (Phi) is 7.10. The minimum Gasteiger partial charge on any atom is -0.394 e. The zero-order chi connectivity index (χ0) is 19.9. The van der Waals surface area contributed by atoms with Gasteiger partial charge in [0.25, 0.3) is 0 Å². The molecular weight excluding hydrogens is 379 g/mol. The van der Waals surface area contributed by atoms with Crippen molar-refractivity contribution in [1.82, 2.24) is 19.5 Å². The first-order valence-electron chi connectivity index (χ1n) is 8.24. The average molecular weight is 398 g/mol. The number of benzene rings is 1. The van der Waals surface area contributed by atoms with Gasteiger partial charge >= 0.3 is 29.6 Å². The van der Waals surface area contributed by atoms with Crippen molar-refractivity contribution < 1.29 is 50.0 Å². The van der Waals surface area contributed by atoms with Crippen LogP contribution in [0.5, 0.6) is 0 Å². The molecule has 2 aliphatic heterocycles. The van der Waals surface area contributed by atoms with Crippen molar-refractivity contribution in [2.24, 2.45) is 0 Å². The first kappa shape index (κ1) is 22.6. The molecule has 4 N–H and O–H groups in total. The van der Waals surface area contributed by atoms with E-state index in [1.54, 1.807) is 12.1 Å². The van der Waals surface area contributed by atoms with Crippen molar-refractivity contribution >= 4 is 11.0 Å². The van der Waals surface area contributed by atoms with Gasteiger partial charge in [-0.2, -0.15) is 0 Å². The second-order valence-electron chi connectivity index (χ2n) is 6.44. The zero-order valence-electron chi connectivity index (χ0n) is 15.7. The quantitative estimate of drug-likeness (QED) is 0.243. The molecule has 0 aliphatic carbocycles. The average Bonchev–Trinajstić information content (AvgIpc) is 2.62. The van der Waals surface area contributed by atoms with E-state index in [0.717, 1.165) is 11.1 Å². The molecule has 28 heavy (non-hydrogen) atoms. The molecule has 0 saturated heterocycles. The number of fused-ring (bicyclic) bond motifs is 2. The fourth-order valence-corrected chi connectivity index (χ4v) is 2.86. The third-order valence-corrected chi connectivity index (χ3v) is 4.53. The number of rotatable bonds is 5. The maximum Gasteiger partial charge on any atom is 1.00 e. The van der Waals surface area contributed by atoms with Crippen LogP contribution in [-0.2, 0) is 6.54 Å². The SMILES string of the molecule is Cc1cc2nc3c(=O)[n-]c(=O)nc-3n(C[C@H](O)[C@H](O)[C@H](O)CO)c2cc1C.[Na+]. The van der Waals surface area contributed by atoms with Gasteiger partial charge in [-0.05, 0) is 37.1 Å². The van der Waals surface area contributed by atoms with Crippen LogP contribution < -0.4 is 45.8 Å². The summed E-state index contributed by atoms with van der Waals surface area (Å²) in [5, 5.41) is 38.8. The van der Waals surface area contributed by atoms with Crippen molar-refractivity contribution in [3.8, 4) is 11.5 Å². The van der Waals surface area contributed by atoms with Gasteiger partial charge in [-0.15, -0.1) is 0 Å². The monoisotopic (exact) mass is 398 g/mol. The van der Waals surface area contributed by atoms with Crippen molar-refractivity contribution in [3.63, 3.8) is 0 Å². The Bertz CT molecular complexity index is 1080. The molecule has 10 nitrogen and oxygen atoms in total. The van der Waals surface area contributed by atoms with Crippen LogP contribution in [0.3, 0.4) is 0 Å². The molecule has 0 spiro atoms. The maximum absolute atomic E-state index is 12.1. The van der Waals surface area contributed by atoms with Gasteiger partial charge in [0, 0.05) is 0 Å². The summed E-state index contributed by atoms with van der Waals surface area (Å²) in [6.45, 7) is 2.70. The molecule has 0 amide bonds. The molecule has 1 aromatic rings. The van der Waals surface area contributed by atoms with Crippen LogP contribution in [0.1, 0.15) is 11.1 Å². The molecule has 2 aliphatic rings. The van der Waals surface area contributed by atoms with E-state index >= 15 is 0 Å². The van der Waals surface area contributed by atoms with Gasteiger partial charge in [-0.1, -0.05) is 0 Å². The van der Waals surface area contributed by atoms with E-state index in [1.807, 2.05) is 13.8 Å². The first-order chi connectivity index (χ1) is 12.7. The van der Waals surface area contributed by atoms with Gasteiger partial charge < -0.3 is 35.0 Å². The Hall–Kier alpha value is -1.66. The molecule has 0 saturated carbocycles. The summed E-state index contributed by atoms with van der Waals surface area (Å²) < 4.78 is 1.38. The predicted octanol–water partition coefficient (Wildman–Crippen LogP) is -5.09. The molecular formula is C17H19N4NaO6. The second kappa shape index (κ2) is 8.78. The molecule has 3 rings (SSSR count). The number of aromatic nitrogens is 4. The van der Waals surface area contributed by atoms with Gasteiger partial charge in [0.1, 0.15) is 24.0 Å². The van der Waals surface area contributed by atoms with Crippen molar-refractivity contribution in [1.29, 1.82) is 0 Å². The molecule has 2 heterocycles. The summed E-state index contributed by atoms with van der Waals surface area (Å²) >= 11 is 0. The molecule has 0 aromatic heterocycles. The van der Waals surface area contributed by atoms with Gasteiger partial charge in [-0.3, -0.25) is 9.59 Å². The number of nitrogens with zero attached hydrogens (tertiary/aromatic N) is 4. The molecule has 0 bridgehead atoms. The van der Waals surface area contributed by atoms with Crippen LogP contribution in [0.2, 0.25) is 0 Å². The van der Waals surface area contributed by atoms with Gasteiger partial charge in [0.05, 0.1) is 30.0 Å². The fourth-order valence-electron chi connectivity index (χ4n) is 2.86. The summed E-state index contributed by atoms with van der Waals surface area (Å²) in [4.78, 5) is 35.0. The van der Waals surface area contributed by atoms with Crippen LogP contribution in [0.25, 0.3) is 22.6 Å². The van der Waals surface area contributed by atoms with E-state index in [2.05, 4.69) is 15.0 Å². The molecule has 1 aromatic carbocycles. The third kappa shape index (κ3) is 4.18. The number of aliphatic hydroxyl groups excluding tert-OH is 4. The van der Waals surface area contributed by atoms with E-state index in [4.69, 9.17) is 5.11 Å². The van der Waals surface area contributed by atoms with E-state index in [1.165, 1.54) is 4.57 Å². The Morgan fingerprint density at radius 2 is 1.71 bits per heavy atom. The number of aliphatic hydroxyl groups is 4. The van der Waals surface area contributed by atoms with Crippen molar-refractivity contribution in [2.45, 2.75) is 38.7 Å². The second-order valence-corrected chi connectivity index (χ2v) is 6.44. The van der Waals surface area contributed by atoms with Crippen LogP contribution in [0.4, 0.5) is 0 Å². The Labute approximate surface area is 181 Å². The number of hydrogen-bond acceptors (Lipinski definition) is 8. The molecule has 0 radical (unpaired) electrons. The predicted molar refractivity (Wildman–Crippen MR) is 94.6 cm³/mol. The molecule has 11 heteroatoms. The normalized spacial score (nSPS) is 14.6. The molecule has 144 valence electrons.